The van der Waals surface area contributed by atoms with Crippen LogP contribution in [0.5, 0.6) is 0 Å². The molecule has 0 aliphatic carbocycles. The molecule has 1 aromatic carbocycles. The van der Waals surface area contributed by atoms with E-state index in [1.165, 1.54) is 18.3 Å². The Morgan fingerprint density at radius 3 is 2.67 bits per heavy atom. The summed E-state index contributed by atoms with van der Waals surface area (Å²) in [5.74, 6) is -1.30. The molecule has 0 spiro atoms. The van der Waals surface area contributed by atoms with E-state index in [0.717, 1.165) is 0 Å². The van der Waals surface area contributed by atoms with Gasteiger partial charge in [-0.15, -0.1) is 0 Å². The molecule has 2 rings (SSSR count). The lowest BCUT2D eigenvalue weighted by atomic mass is 10.2. The second-order valence-corrected chi connectivity index (χ2v) is 5.80. The van der Waals surface area contributed by atoms with Crippen molar-refractivity contribution in [2.24, 2.45) is 0 Å². The number of halogens is 2. The molecule has 0 atom stereocenters. The molecule has 94 valence electrons. The van der Waals surface area contributed by atoms with Crippen molar-refractivity contribution in [2.75, 3.05) is 0 Å². The van der Waals surface area contributed by atoms with E-state index in [1.54, 1.807) is 0 Å². The van der Waals surface area contributed by atoms with Crippen molar-refractivity contribution < 1.29 is 17.7 Å². The maximum atomic E-state index is 13.6. The van der Waals surface area contributed by atoms with Crippen LogP contribution in [-0.4, -0.2) is 18.3 Å². The molecule has 1 heterocycles. The summed E-state index contributed by atoms with van der Waals surface area (Å²) >= 11 is 0. The smallest absolute Gasteiger partial charge is 0.258 e. The Balaban J connectivity index is 3.05. The molecule has 0 fully saturated rings. The van der Waals surface area contributed by atoms with Crippen LogP contribution < -0.4 is 0 Å². The minimum absolute atomic E-state index is 0.0943. The number of aromatic nitrogens is 1. The van der Waals surface area contributed by atoms with Gasteiger partial charge in [0, 0.05) is 16.9 Å². The third-order valence-electron chi connectivity index (χ3n) is 2.22. The van der Waals surface area contributed by atoms with Crippen molar-refractivity contribution in [1.29, 1.82) is 0 Å². The van der Waals surface area contributed by atoms with Gasteiger partial charge in [0.2, 0.25) is 0 Å². The number of nitrogens with zero attached hydrogens (tertiary/aromatic N) is 2. The number of fused-ring (bicyclic) bond motifs is 1. The molecule has 0 amide bonds. The van der Waals surface area contributed by atoms with Crippen molar-refractivity contribution in [3.05, 3.63) is 40.3 Å². The molecule has 0 aliphatic heterocycles. The number of nitro groups is 1. The second kappa shape index (κ2) is 4.14. The number of pyridine rings is 1. The van der Waals surface area contributed by atoms with E-state index in [4.69, 9.17) is 10.7 Å². The summed E-state index contributed by atoms with van der Waals surface area (Å²) in [6, 6.07) is 3.16. The van der Waals surface area contributed by atoms with Crippen molar-refractivity contribution in [2.45, 2.75) is 4.90 Å². The molecule has 2 aromatic rings. The summed E-state index contributed by atoms with van der Waals surface area (Å²) < 4.78 is 36.2. The highest BCUT2D eigenvalue weighted by molar-refractivity contribution is 8.14. The third-order valence-corrected chi connectivity index (χ3v) is 3.56. The van der Waals surface area contributed by atoms with Crippen molar-refractivity contribution in [3.8, 4) is 0 Å². The minimum atomic E-state index is -4.39. The fraction of sp³-hybridized carbons (Fsp3) is 0. The molecule has 0 saturated carbocycles. The molecular formula is C9H4ClFN2O4S. The Bertz CT molecular complexity index is 762. The van der Waals surface area contributed by atoms with E-state index in [2.05, 4.69) is 4.98 Å². The van der Waals surface area contributed by atoms with Crippen LogP contribution in [-0.2, 0) is 9.05 Å². The molecule has 0 aliphatic rings. The van der Waals surface area contributed by atoms with E-state index < -0.39 is 30.4 Å². The molecule has 9 heteroatoms. The topological polar surface area (TPSA) is 90.2 Å². The van der Waals surface area contributed by atoms with E-state index >= 15 is 0 Å². The van der Waals surface area contributed by atoms with Gasteiger partial charge in [-0.25, -0.2) is 12.8 Å². The van der Waals surface area contributed by atoms with Gasteiger partial charge in [0.25, 0.3) is 14.7 Å². The Morgan fingerprint density at radius 2 is 2.11 bits per heavy atom. The zero-order valence-corrected chi connectivity index (χ0v) is 10.1. The van der Waals surface area contributed by atoms with E-state index in [1.807, 2.05) is 0 Å². The fourth-order valence-electron chi connectivity index (χ4n) is 1.55. The van der Waals surface area contributed by atoms with Gasteiger partial charge in [0.1, 0.15) is 10.4 Å². The molecule has 18 heavy (non-hydrogen) atoms. The van der Waals surface area contributed by atoms with Gasteiger partial charge in [-0.2, -0.15) is 0 Å². The van der Waals surface area contributed by atoms with Gasteiger partial charge in [-0.1, -0.05) is 0 Å². The van der Waals surface area contributed by atoms with Crippen molar-refractivity contribution in [1.82, 2.24) is 4.98 Å². The normalized spacial score (nSPS) is 11.7. The van der Waals surface area contributed by atoms with Gasteiger partial charge in [0.15, 0.2) is 5.82 Å². The Kier molecular flexibility index (Phi) is 2.91. The maximum Gasteiger partial charge on any atom is 0.281 e. The lowest BCUT2D eigenvalue weighted by Crippen LogP contribution is -2.01. The average Bonchev–Trinajstić information content (AvgIpc) is 2.25. The first-order valence-corrected chi connectivity index (χ1v) is 6.79. The molecule has 0 bridgehead atoms. The summed E-state index contributed by atoms with van der Waals surface area (Å²) in [7, 11) is 0.707. The minimum Gasteiger partial charge on any atom is -0.258 e. The van der Waals surface area contributed by atoms with Gasteiger partial charge in [-0.3, -0.25) is 15.1 Å². The van der Waals surface area contributed by atoms with E-state index in [0.29, 0.717) is 6.07 Å². The highest BCUT2D eigenvalue weighted by Gasteiger charge is 2.26. The third kappa shape index (κ3) is 2.00. The van der Waals surface area contributed by atoms with Crippen LogP contribution in [0, 0.1) is 15.9 Å². The predicted octanol–water partition coefficient (Wildman–Crippen LogP) is 2.21. The Hall–Kier alpha value is -1.80. The number of benzene rings is 1. The first-order valence-electron chi connectivity index (χ1n) is 4.48. The molecular weight excluding hydrogens is 287 g/mol. The van der Waals surface area contributed by atoms with Crippen LogP contribution in [0.1, 0.15) is 0 Å². The molecule has 0 unspecified atom stereocenters. The fourth-order valence-corrected chi connectivity index (χ4v) is 2.68. The molecule has 0 radical (unpaired) electrons. The number of nitro benzene ring substituents is 1. The van der Waals surface area contributed by atoms with Crippen LogP contribution >= 0.6 is 10.7 Å². The monoisotopic (exact) mass is 290 g/mol. The Labute approximate surface area is 105 Å². The van der Waals surface area contributed by atoms with Gasteiger partial charge < -0.3 is 0 Å². The SMILES string of the molecule is O=[N+]([O-])c1cc(F)c(S(=O)(=O)Cl)c2ncccc12. The first kappa shape index (κ1) is 12.7. The van der Waals surface area contributed by atoms with Crippen LogP contribution in [0.2, 0.25) is 0 Å². The number of rotatable bonds is 2. The molecule has 0 N–H and O–H groups in total. The summed E-state index contributed by atoms with van der Waals surface area (Å²) in [4.78, 5) is 12.7. The van der Waals surface area contributed by atoms with Crippen molar-refractivity contribution >= 4 is 36.3 Å². The zero-order chi connectivity index (χ0) is 13.5. The highest BCUT2D eigenvalue weighted by atomic mass is 35.7. The van der Waals surface area contributed by atoms with Gasteiger partial charge >= 0.3 is 0 Å². The maximum absolute atomic E-state index is 13.6. The lowest BCUT2D eigenvalue weighted by molar-refractivity contribution is -0.383. The number of non-ortho nitro benzene ring substituents is 1. The van der Waals surface area contributed by atoms with Gasteiger partial charge in [0.05, 0.1) is 16.4 Å². The van der Waals surface area contributed by atoms with Crippen LogP contribution in [0.4, 0.5) is 10.1 Å². The number of hydrogen-bond acceptors (Lipinski definition) is 5. The summed E-state index contributed by atoms with van der Waals surface area (Å²) in [6.07, 6.45) is 1.19. The standard InChI is InChI=1S/C9H4ClFN2O4S/c10-18(16,17)9-6(11)4-7(13(14)15)5-2-1-3-12-8(5)9/h1-4H. The second-order valence-electron chi connectivity index (χ2n) is 3.30. The van der Waals surface area contributed by atoms with E-state index in [-0.39, 0.29) is 10.9 Å². The summed E-state index contributed by atoms with van der Waals surface area (Å²) in [5, 5.41) is 10.7. The molecule has 1 aromatic heterocycles. The van der Waals surface area contributed by atoms with Crippen LogP contribution in [0.3, 0.4) is 0 Å². The molecule has 0 saturated heterocycles. The largest absolute Gasteiger partial charge is 0.281 e. The van der Waals surface area contributed by atoms with Crippen molar-refractivity contribution in [3.63, 3.8) is 0 Å². The van der Waals surface area contributed by atoms with Gasteiger partial charge in [-0.05, 0) is 12.1 Å². The quantitative estimate of drug-likeness (QED) is 0.480. The highest BCUT2D eigenvalue weighted by Crippen LogP contribution is 2.33. The first-order chi connectivity index (χ1) is 8.32. The average molecular weight is 291 g/mol. The van der Waals surface area contributed by atoms with E-state index in [9.17, 15) is 22.9 Å². The lowest BCUT2D eigenvalue weighted by Gasteiger charge is -2.04. The zero-order valence-electron chi connectivity index (χ0n) is 8.50. The molecule has 6 nitrogen and oxygen atoms in total. The van der Waals surface area contributed by atoms with Crippen LogP contribution in [0.25, 0.3) is 10.9 Å². The summed E-state index contributed by atoms with van der Waals surface area (Å²) in [5.41, 5.74) is -0.932. The van der Waals surface area contributed by atoms with Crippen LogP contribution in [0.15, 0.2) is 29.3 Å². The predicted molar refractivity (Wildman–Crippen MR) is 61.4 cm³/mol. The Morgan fingerprint density at radius 1 is 1.44 bits per heavy atom. The summed E-state index contributed by atoms with van der Waals surface area (Å²) in [6.45, 7) is 0. The number of hydrogen-bond donors (Lipinski definition) is 0.